The number of nitrogens with one attached hydrogen (secondary N) is 2. The molecule has 0 unspecified atom stereocenters. The highest BCUT2D eigenvalue weighted by atomic mass is 16.5. The van der Waals surface area contributed by atoms with E-state index in [0.717, 1.165) is 54.8 Å². The number of aromatic nitrogens is 2. The minimum Gasteiger partial charge on any atom is -0.497 e. The summed E-state index contributed by atoms with van der Waals surface area (Å²) < 4.78 is 43.6. The van der Waals surface area contributed by atoms with Gasteiger partial charge in [-0.3, -0.25) is 14.6 Å². The lowest BCUT2D eigenvalue weighted by Gasteiger charge is -2.37. The number of amides is 1. The number of ether oxygens (including phenoxy) is 7. The summed E-state index contributed by atoms with van der Waals surface area (Å²) in [5.74, 6) is 5.92. The summed E-state index contributed by atoms with van der Waals surface area (Å²) in [6.45, 7) is 2.76. The van der Waals surface area contributed by atoms with Crippen molar-refractivity contribution < 1.29 is 40.8 Å². The molecule has 346 valence electrons. The first-order valence-corrected chi connectivity index (χ1v) is 22.3. The molecule has 1 aromatic heterocycles. The van der Waals surface area contributed by atoms with Crippen LogP contribution < -0.4 is 43.8 Å². The van der Waals surface area contributed by atoms with E-state index >= 15 is 0 Å². The maximum Gasteiger partial charge on any atom is 0.275 e. The van der Waals surface area contributed by atoms with Crippen LogP contribution >= 0.6 is 0 Å². The van der Waals surface area contributed by atoms with Crippen LogP contribution in [0.3, 0.4) is 0 Å². The van der Waals surface area contributed by atoms with Crippen LogP contribution in [-0.4, -0.2) is 94.5 Å². The maximum absolute atomic E-state index is 12.8. The Labute approximate surface area is 388 Å². The molecular weight excluding hydrogens is 837 g/mol. The number of anilines is 2. The van der Waals surface area contributed by atoms with Crippen molar-refractivity contribution in [2.45, 2.75) is 44.2 Å². The summed E-state index contributed by atoms with van der Waals surface area (Å²) in [7, 11) is 11.0. The number of rotatable bonds is 12. The number of fused-ring (bicyclic) bond motifs is 2. The molecule has 0 saturated carbocycles. The van der Waals surface area contributed by atoms with E-state index in [9.17, 15) is 4.79 Å². The molecule has 66 heavy (non-hydrogen) atoms. The number of carbonyl (C=O) groups is 1. The van der Waals surface area contributed by atoms with Crippen LogP contribution in [0.2, 0.25) is 0 Å². The third-order valence-electron chi connectivity index (χ3n) is 12.7. The number of benzene rings is 5. The lowest BCUT2D eigenvalue weighted by molar-refractivity contribution is 0.102. The molecule has 0 saturated heterocycles. The van der Waals surface area contributed by atoms with E-state index in [4.69, 9.17) is 33.2 Å². The fourth-order valence-corrected chi connectivity index (χ4v) is 9.13. The molecule has 0 spiro atoms. The number of hydrogen-bond acceptors (Lipinski definition) is 13. The lowest BCUT2D eigenvalue weighted by Crippen LogP contribution is -2.34. The van der Waals surface area contributed by atoms with E-state index in [1.165, 1.54) is 22.9 Å². The first kappa shape index (κ1) is 44.2. The summed E-state index contributed by atoms with van der Waals surface area (Å²) in [5.41, 5.74) is 7.74. The minimum absolute atomic E-state index is 0. The van der Waals surface area contributed by atoms with Crippen molar-refractivity contribution in [3.63, 3.8) is 0 Å². The number of hydrogen-bond donors (Lipinski definition) is 2. The van der Waals surface area contributed by atoms with E-state index in [1.54, 1.807) is 52.8 Å². The van der Waals surface area contributed by atoms with Crippen molar-refractivity contribution in [3.05, 3.63) is 136 Å². The Balaban J connectivity index is 0.00000342. The largest absolute Gasteiger partial charge is 0.497 e. The van der Waals surface area contributed by atoms with Gasteiger partial charge in [0.1, 0.15) is 23.0 Å². The van der Waals surface area contributed by atoms with E-state index in [0.29, 0.717) is 83.5 Å². The van der Waals surface area contributed by atoms with Gasteiger partial charge in [-0.05, 0) is 129 Å². The average molecular weight is 897 g/mol. The molecule has 14 nitrogen and oxygen atoms in total. The fraction of sp³-hybridized carbons (Fsp3) is 0.327. The summed E-state index contributed by atoms with van der Waals surface area (Å²) in [5, 5.41) is 6.11. The van der Waals surface area contributed by atoms with Crippen LogP contribution in [0.4, 0.5) is 11.5 Å². The van der Waals surface area contributed by atoms with Crippen molar-refractivity contribution in [3.8, 4) is 51.7 Å². The summed E-state index contributed by atoms with van der Waals surface area (Å²) in [6, 6.07) is 28.1. The van der Waals surface area contributed by atoms with Gasteiger partial charge in [0.2, 0.25) is 5.75 Å². The molecular formula is C52H60N6O8. The molecule has 4 aliphatic heterocycles. The highest BCUT2D eigenvalue weighted by molar-refractivity contribution is 6.02. The molecule has 2 N–H and O–H groups in total. The third kappa shape index (κ3) is 9.38. The zero-order chi connectivity index (χ0) is 45.7. The Morgan fingerprint density at radius 2 is 1.48 bits per heavy atom. The average Bonchev–Trinajstić information content (AvgIpc) is 3.34. The molecule has 0 aliphatic carbocycles. The van der Waals surface area contributed by atoms with Gasteiger partial charge in [-0.25, -0.2) is 9.97 Å². The monoisotopic (exact) mass is 896 g/mol. The number of carbonyl (C=O) groups excluding carboxylic acids is 1. The highest BCUT2D eigenvalue weighted by Crippen LogP contribution is 2.52. The topological polar surface area (TPSA) is 138 Å². The predicted molar refractivity (Wildman–Crippen MR) is 257 cm³/mol. The second kappa shape index (κ2) is 19.6. The number of methoxy groups -OCH3 is 4. The quantitative estimate of drug-likeness (QED) is 0.113. The first-order chi connectivity index (χ1) is 32.2. The third-order valence-corrected chi connectivity index (χ3v) is 12.7. The van der Waals surface area contributed by atoms with Gasteiger partial charge >= 0.3 is 0 Å². The summed E-state index contributed by atoms with van der Waals surface area (Å²) >= 11 is 0. The molecule has 5 heterocycles. The van der Waals surface area contributed by atoms with Gasteiger partial charge in [-0.1, -0.05) is 24.3 Å². The molecule has 0 fully saturated rings. The van der Waals surface area contributed by atoms with Crippen LogP contribution in [-0.2, 0) is 25.7 Å². The van der Waals surface area contributed by atoms with Crippen molar-refractivity contribution in [2.24, 2.45) is 0 Å². The Bertz CT molecular complexity index is 2710. The Morgan fingerprint density at radius 1 is 0.742 bits per heavy atom. The van der Waals surface area contributed by atoms with E-state index < -0.39 is 0 Å². The van der Waals surface area contributed by atoms with Crippen molar-refractivity contribution in [1.82, 2.24) is 19.8 Å². The molecule has 14 heteroatoms. The van der Waals surface area contributed by atoms with Crippen molar-refractivity contribution in [1.29, 1.82) is 0 Å². The number of nitrogens with zero attached hydrogens (tertiary/aromatic N) is 4. The molecule has 6 bridgehead atoms. The van der Waals surface area contributed by atoms with Gasteiger partial charge in [0.25, 0.3) is 5.91 Å². The molecule has 4 aliphatic rings. The Kier molecular flexibility index (Phi) is 13.1. The highest BCUT2D eigenvalue weighted by Gasteiger charge is 2.35. The molecule has 5 aromatic carbocycles. The predicted octanol–water partition coefficient (Wildman–Crippen LogP) is 9.58. The van der Waals surface area contributed by atoms with Crippen LogP contribution in [0.5, 0.6) is 51.7 Å². The minimum atomic E-state index is -0.363. The van der Waals surface area contributed by atoms with Crippen LogP contribution in [0.25, 0.3) is 0 Å². The van der Waals surface area contributed by atoms with Crippen LogP contribution in [0.15, 0.2) is 97.3 Å². The Hall–Kier alpha value is -7.03. The van der Waals surface area contributed by atoms with Crippen LogP contribution in [0, 0.1) is 0 Å². The fourth-order valence-electron chi connectivity index (χ4n) is 9.13. The molecule has 0 radical (unpaired) electrons. The van der Waals surface area contributed by atoms with Crippen molar-refractivity contribution >= 4 is 17.4 Å². The number of likely N-dealkylation sites (N-methyl/N-ethyl adjacent to an activating group) is 2. The van der Waals surface area contributed by atoms with Gasteiger partial charge in [0.15, 0.2) is 34.5 Å². The van der Waals surface area contributed by atoms with E-state index in [2.05, 4.69) is 87.0 Å². The maximum atomic E-state index is 12.8. The summed E-state index contributed by atoms with van der Waals surface area (Å²) in [4.78, 5) is 26.3. The van der Waals surface area contributed by atoms with Crippen molar-refractivity contribution in [2.75, 3.05) is 79.4 Å². The smallest absolute Gasteiger partial charge is 0.275 e. The molecule has 1 amide bonds. The molecule has 2 atom stereocenters. The lowest BCUT2D eigenvalue weighted by atomic mass is 9.87. The van der Waals surface area contributed by atoms with Gasteiger partial charge in [-0.15, -0.1) is 0 Å². The Morgan fingerprint density at radius 3 is 2.24 bits per heavy atom. The van der Waals surface area contributed by atoms with Gasteiger partial charge in [0.05, 0.1) is 47.4 Å². The second-order valence-electron chi connectivity index (χ2n) is 16.8. The normalized spacial score (nSPS) is 16.6. The van der Waals surface area contributed by atoms with E-state index in [1.807, 2.05) is 24.3 Å². The van der Waals surface area contributed by atoms with Crippen LogP contribution in [0.1, 0.15) is 65.2 Å². The van der Waals surface area contributed by atoms with Gasteiger partial charge < -0.3 is 43.8 Å². The molecule has 6 aromatic rings. The zero-order valence-electron chi connectivity index (χ0n) is 38.3. The zero-order valence-corrected chi connectivity index (χ0v) is 38.3. The SMILES string of the molecule is COc1cccc(NC(=O)c2cnc(NCCCOc3ccc4cc3Oc3ccc(cc3)C[C@H]3c5cc(c(OC)cc5CCN3C)Oc3c(OC)c(OC)cc5c3[C@@H](C4)N(C)CC5)cn2)c1.[HH].[HH]. The van der Waals surface area contributed by atoms with E-state index in [-0.39, 0.29) is 26.5 Å². The second-order valence-corrected chi connectivity index (χ2v) is 16.8. The summed E-state index contributed by atoms with van der Waals surface area (Å²) in [6.07, 6.45) is 6.85. The first-order valence-electron chi connectivity index (χ1n) is 22.3. The standard InChI is InChI=1S/C52H56N6O8.2H2/c1-57-20-17-34-26-44(61-4)46-29-39(34)41(57)23-32-11-14-37(15-12-32)65-45-25-33(24-42-49-35(18-21-58(42)2)27-47(62-5)50(63-6)51(49)66-46)13-16-43(45)64-22-8-19-53-48-31-54-40(30-55-48)52(59)56-36-9-7-10-38(28-36)60-3;;/h7,9-16,25-31,41-42H,8,17-24H2,1-6H3,(H,53,55)(H,56,59);2*1H/t41-,42+;;/m0../s1. The van der Waals surface area contributed by atoms with Gasteiger partial charge in [-0.2, -0.15) is 0 Å². The molecule has 10 rings (SSSR count). The van der Waals surface area contributed by atoms with Gasteiger partial charge in [0, 0.05) is 51.9 Å².